The minimum atomic E-state index is -0.251. The molecule has 2 amide bonds. The van der Waals surface area contributed by atoms with Crippen LogP contribution in [0.25, 0.3) is 10.2 Å². The summed E-state index contributed by atoms with van der Waals surface area (Å²) < 4.78 is 2.39. The van der Waals surface area contributed by atoms with Gasteiger partial charge in [0.2, 0.25) is 11.8 Å². The van der Waals surface area contributed by atoms with Gasteiger partial charge in [-0.2, -0.15) is 0 Å². The normalized spacial score (nSPS) is 13.8. The molecule has 3 aromatic rings. The highest BCUT2D eigenvalue weighted by Crippen LogP contribution is 2.29. The number of nitrogens with zero attached hydrogens (tertiary/aromatic N) is 4. The van der Waals surface area contributed by atoms with E-state index in [0.717, 1.165) is 23.1 Å². The Labute approximate surface area is 140 Å². The molecule has 0 unspecified atom stereocenters. The molecule has 8 nitrogen and oxygen atoms in total. The van der Waals surface area contributed by atoms with Crippen molar-refractivity contribution < 1.29 is 9.59 Å². The molecule has 1 aromatic carbocycles. The van der Waals surface area contributed by atoms with Crippen LogP contribution >= 0.6 is 11.3 Å². The fourth-order valence-electron chi connectivity index (χ4n) is 2.24. The SMILES string of the molecule is O=C(Cn1cc(NC(=O)C2CC2)nn1)Nc1nc2ccccc2s1. The minimum absolute atomic E-state index is 0.00221. The van der Waals surface area contributed by atoms with Crippen LogP contribution in [0.1, 0.15) is 12.8 Å². The summed E-state index contributed by atoms with van der Waals surface area (Å²) in [5.74, 6) is 0.164. The van der Waals surface area contributed by atoms with Crippen molar-refractivity contribution in [1.29, 1.82) is 0 Å². The minimum Gasteiger partial charge on any atom is -0.308 e. The molecule has 1 aliphatic carbocycles. The molecular formula is C15H14N6O2S. The van der Waals surface area contributed by atoms with Gasteiger partial charge < -0.3 is 10.6 Å². The molecule has 0 spiro atoms. The van der Waals surface area contributed by atoms with Crippen LogP contribution in [0.2, 0.25) is 0 Å². The van der Waals surface area contributed by atoms with Crippen LogP contribution < -0.4 is 10.6 Å². The molecule has 0 atom stereocenters. The number of carbonyl (C=O) groups is 2. The fraction of sp³-hybridized carbons (Fsp3) is 0.267. The number of amides is 2. The Hall–Kier alpha value is -2.81. The van der Waals surface area contributed by atoms with Crippen LogP contribution in [0, 0.1) is 5.92 Å². The summed E-state index contributed by atoms with van der Waals surface area (Å²) in [5, 5.41) is 13.7. The van der Waals surface area contributed by atoms with Gasteiger partial charge in [-0.15, -0.1) is 5.10 Å². The van der Waals surface area contributed by atoms with E-state index in [0.29, 0.717) is 10.9 Å². The summed E-state index contributed by atoms with van der Waals surface area (Å²) in [5.41, 5.74) is 0.851. The average Bonchev–Trinajstić information content (AvgIpc) is 3.20. The molecule has 1 aliphatic rings. The second kappa shape index (κ2) is 6.00. The van der Waals surface area contributed by atoms with Gasteiger partial charge in [-0.25, -0.2) is 9.67 Å². The fourth-order valence-corrected chi connectivity index (χ4v) is 3.12. The quantitative estimate of drug-likeness (QED) is 0.737. The zero-order chi connectivity index (χ0) is 16.5. The number of benzene rings is 1. The summed E-state index contributed by atoms with van der Waals surface area (Å²) in [4.78, 5) is 28.1. The lowest BCUT2D eigenvalue weighted by Gasteiger charge is -2.00. The largest absolute Gasteiger partial charge is 0.308 e. The highest BCUT2D eigenvalue weighted by Gasteiger charge is 2.30. The van der Waals surface area contributed by atoms with Gasteiger partial charge in [-0.1, -0.05) is 28.7 Å². The molecule has 2 aromatic heterocycles. The summed E-state index contributed by atoms with van der Waals surface area (Å²) >= 11 is 1.41. The van der Waals surface area contributed by atoms with E-state index in [4.69, 9.17) is 0 Å². The summed E-state index contributed by atoms with van der Waals surface area (Å²) in [6, 6.07) is 7.68. The molecule has 1 saturated carbocycles. The van der Waals surface area contributed by atoms with Gasteiger partial charge in [0.05, 0.1) is 16.4 Å². The van der Waals surface area contributed by atoms with E-state index in [1.54, 1.807) is 0 Å². The standard InChI is InChI=1S/C15H14N6O2S/c22-13(18-15-16-10-3-1-2-4-11(10)24-15)8-21-7-12(19-20-21)17-14(23)9-5-6-9/h1-4,7,9H,5-6,8H2,(H,17,23)(H,16,18,22). The third kappa shape index (κ3) is 3.25. The highest BCUT2D eigenvalue weighted by atomic mass is 32.1. The predicted molar refractivity (Wildman–Crippen MR) is 89.6 cm³/mol. The first-order valence-electron chi connectivity index (χ1n) is 7.54. The molecule has 9 heteroatoms. The molecule has 24 heavy (non-hydrogen) atoms. The number of thiazole rings is 1. The zero-order valence-electron chi connectivity index (χ0n) is 12.6. The smallest absolute Gasteiger partial charge is 0.247 e. The van der Waals surface area contributed by atoms with Crippen LogP contribution in [-0.2, 0) is 16.1 Å². The monoisotopic (exact) mass is 342 g/mol. The van der Waals surface area contributed by atoms with E-state index in [2.05, 4.69) is 25.9 Å². The molecule has 4 rings (SSSR count). The van der Waals surface area contributed by atoms with Gasteiger partial charge in [0.15, 0.2) is 10.9 Å². The van der Waals surface area contributed by atoms with Crippen molar-refractivity contribution in [2.45, 2.75) is 19.4 Å². The predicted octanol–water partition coefficient (Wildman–Crippen LogP) is 1.87. The summed E-state index contributed by atoms with van der Waals surface area (Å²) in [7, 11) is 0. The molecule has 1 fully saturated rings. The summed E-state index contributed by atoms with van der Waals surface area (Å²) in [6.45, 7) is 0.00221. The molecule has 0 saturated heterocycles. The first-order valence-corrected chi connectivity index (χ1v) is 8.35. The number of aromatic nitrogens is 4. The van der Waals surface area contributed by atoms with Crippen molar-refractivity contribution >= 4 is 44.3 Å². The van der Waals surface area contributed by atoms with Gasteiger partial charge in [-0.3, -0.25) is 9.59 Å². The molecule has 122 valence electrons. The average molecular weight is 342 g/mol. The Bertz CT molecular complexity index is 880. The van der Waals surface area contributed by atoms with Crippen molar-refractivity contribution in [3.63, 3.8) is 0 Å². The van der Waals surface area contributed by atoms with Crippen molar-refractivity contribution in [2.75, 3.05) is 10.6 Å². The Morgan fingerprint density at radius 2 is 2.08 bits per heavy atom. The number of anilines is 2. The maximum absolute atomic E-state index is 12.1. The highest BCUT2D eigenvalue weighted by molar-refractivity contribution is 7.22. The Morgan fingerprint density at radius 3 is 2.88 bits per heavy atom. The maximum atomic E-state index is 12.1. The van der Waals surface area contributed by atoms with Gasteiger partial charge >= 0.3 is 0 Å². The molecule has 2 N–H and O–H groups in total. The van der Waals surface area contributed by atoms with Crippen LogP contribution in [0.15, 0.2) is 30.5 Å². The van der Waals surface area contributed by atoms with Crippen LogP contribution in [-0.4, -0.2) is 31.8 Å². The molecule has 2 heterocycles. The first kappa shape index (κ1) is 14.8. The van der Waals surface area contributed by atoms with Crippen molar-refractivity contribution in [2.24, 2.45) is 5.92 Å². The number of nitrogens with one attached hydrogen (secondary N) is 2. The Balaban J connectivity index is 1.37. The number of rotatable bonds is 5. The maximum Gasteiger partial charge on any atom is 0.247 e. The van der Waals surface area contributed by atoms with E-state index in [-0.39, 0.29) is 24.3 Å². The lowest BCUT2D eigenvalue weighted by molar-refractivity contribution is -0.117. The second-order valence-electron chi connectivity index (χ2n) is 5.60. The third-order valence-corrected chi connectivity index (χ3v) is 4.54. The van der Waals surface area contributed by atoms with E-state index >= 15 is 0 Å². The zero-order valence-corrected chi connectivity index (χ0v) is 13.4. The van der Waals surface area contributed by atoms with E-state index < -0.39 is 0 Å². The van der Waals surface area contributed by atoms with E-state index in [9.17, 15) is 9.59 Å². The molecule has 0 bridgehead atoms. The summed E-state index contributed by atoms with van der Waals surface area (Å²) in [6.07, 6.45) is 3.38. The van der Waals surface area contributed by atoms with Crippen LogP contribution in [0.4, 0.5) is 10.9 Å². The van der Waals surface area contributed by atoms with E-state index in [1.807, 2.05) is 24.3 Å². The number of carbonyl (C=O) groups excluding carboxylic acids is 2. The first-order chi connectivity index (χ1) is 11.7. The number of hydrogen-bond donors (Lipinski definition) is 2. The van der Waals surface area contributed by atoms with Crippen LogP contribution in [0.3, 0.4) is 0 Å². The Morgan fingerprint density at radius 1 is 1.25 bits per heavy atom. The van der Waals surface area contributed by atoms with Crippen LogP contribution in [0.5, 0.6) is 0 Å². The number of hydrogen-bond acceptors (Lipinski definition) is 6. The second-order valence-corrected chi connectivity index (χ2v) is 6.63. The molecule has 0 radical (unpaired) electrons. The van der Waals surface area contributed by atoms with Crippen molar-refractivity contribution in [1.82, 2.24) is 20.0 Å². The lowest BCUT2D eigenvalue weighted by atomic mass is 10.3. The third-order valence-electron chi connectivity index (χ3n) is 3.58. The van der Waals surface area contributed by atoms with Gasteiger partial charge in [0.25, 0.3) is 0 Å². The Kier molecular flexibility index (Phi) is 3.69. The van der Waals surface area contributed by atoms with E-state index in [1.165, 1.54) is 22.2 Å². The van der Waals surface area contributed by atoms with Gasteiger partial charge in [0.1, 0.15) is 6.54 Å². The lowest BCUT2D eigenvalue weighted by Crippen LogP contribution is -2.19. The van der Waals surface area contributed by atoms with Crippen molar-refractivity contribution in [3.05, 3.63) is 30.5 Å². The molecule has 0 aliphatic heterocycles. The number of fused-ring (bicyclic) bond motifs is 1. The van der Waals surface area contributed by atoms with Crippen molar-refractivity contribution in [3.8, 4) is 0 Å². The molecular weight excluding hydrogens is 328 g/mol. The van der Waals surface area contributed by atoms with Gasteiger partial charge in [-0.05, 0) is 25.0 Å². The van der Waals surface area contributed by atoms with Gasteiger partial charge in [0, 0.05) is 5.92 Å². The number of para-hydroxylation sites is 1. The topological polar surface area (TPSA) is 102 Å².